The standard InChI is InChI=1S/C15H25N3O2/c1-15(2,3)20-14(19)18-9-6-13(11-18)17-7-4-12(10-16)5-8-17/h12-13H,4-9,11H2,1-3H3/t13-/m1/s1. The van der Waals surface area contributed by atoms with Crippen molar-refractivity contribution in [3.05, 3.63) is 0 Å². The summed E-state index contributed by atoms with van der Waals surface area (Å²) in [6.07, 6.45) is 2.72. The molecule has 1 atom stereocenters. The van der Waals surface area contributed by atoms with Crippen LogP contribution in [0.1, 0.15) is 40.0 Å². The van der Waals surface area contributed by atoms with E-state index in [1.54, 1.807) is 0 Å². The van der Waals surface area contributed by atoms with Gasteiger partial charge in [-0.05, 0) is 53.1 Å². The molecule has 5 nitrogen and oxygen atoms in total. The SMILES string of the molecule is CC(C)(C)OC(=O)N1CC[C@@H](N2CCC(C#N)CC2)C1. The Labute approximate surface area is 121 Å². The zero-order valence-corrected chi connectivity index (χ0v) is 12.8. The van der Waals surface area contributed by atoms with Crippen molar-refractivity contribution in [3.8, 4) is 6.07 Å². The summed E-state index contributed by atoms with van der Waals surface area (Å²) in [5.74, 6) is 0.217. The van der Waals surface area contributed by atoms with Gasteiger partial charge in [-0.3, -0.25) is 4.90 Å². The smallest absolute Gasteiger partial charge is 0.410 e. The number of hydrogen-bond donors (Lipinski definition) is 0. The number of rotatable bonds is 1. The van der Waals surface area contributed by atoms with Gasteiger partial charge >= 0.3 is 6.09 Å². The lowest BCUT2D eigenvalue weighted by molar-refractivity contribution is 0.0275. The van der Waals surface area contributed by atoms with Gasteiger partial charge in [0, 0.05) is 25.0 Å². The topological polar surface area (TPSA) is 56.6 Å². The molecule has 0 aliphatic carbocycles. The summed E-state index contributed by atoms with van der Waals surface area (Å²) in [6.45, 7) is 9.17. The second-order valence-corrected chi connectivity index (χ2v) is 6.81. The van der Waals surface area contributed by atoms with E-state index in [9.17, 15) is 4.79 Å². The van der Waals surface area contributed by atoms with Crippen LogP contribution in [-0.2, 0) is 4.74 Å². The highest BCUT2D eigenvalue weighted by Gasteiger charge is 2.34. The van der Waals surface area contributed by atoms with Gasteiger partial charge in [-0.2, -0.15) is 5.26 Å². The molecule has 5 heteroatoms. The largest absolute Gasteiger partial charge is 0.444 e. The zero-order chi connectivity index (χ0) is 14.8. The Morgan fingerprint density at radius 1 is 1.20 bits per heavy atom. The molecule has 0 N–H and O–H groups in total. The number of likely N-dealkylation sites (tertiary alicyclic amines) is 2. The van der Waals surface area contributed by atoms with E-state index in [1.165, 1.54) is 0 Å². The molecule has 0 radical (unpaired) electrons. The number of nitriles is 1. The summed E-state index contributed by atoms with van der Waals surface area (Å²) < 4.78 is 5.42. The van der Waals surface area contributed by atoms with E-state index >= 15 is 0 Å². The first-order valence-electron chi connectivity index (χ1n) is 7.50. The summed E-state index contributed by atoms with van der Waals surface area (Å²) in [5.41, 5.74) is -0.430. The maximum atomic E-state index is 12.0. The van der Waals surface area contributed by atoms with Gasteiger partial charge in [0.1, 0.15) is 5.60 Å². The lowest BCUT2D eigenvalue weighted by Gasteiger charge is -2.34. The fourth-order valence-electron chi connectivity index (χ4n) is 2.93. The van der Waals surface area contributed by atoms with Crippen LogP contribution in [0.4, 0.5) is 4.79 Å². The fourth-order valence-corrected chi connectivity index (χ4v) is 2.93. The van der Waals surface area contributed by atoms with Gasteiger partial charge in [0.2, 0.25) is 0 Å². The van der Waals surface area contributed by atoms with Crippen molar-refractivity contribution >= 4 is 6.09 Å². The van der Waals surface area contributed by atoms with Gasteiger partial charge < -0.3 is 9.64 Å². The summed E-state index contributed by atoms with van der Waals surface area (Å²) in [7, 11) is 0. The number of nitrogens with zero attached hydrogens (tertiary/aromatic N) is 3. The molecule has 2 heterocycles. The molecule has 0 saturated carbocycles. The average Bonchev–Trinajstić information content (AvgIpc) is 2.86. The Morgan fingerprint density at radius 3 is 2.40 bits per heavy atom. The third-order valence-electron chi connectivity index (χ3n) is 4.04. The number of carbonyl (C=O) groups excluding carboxylic acids is 1. The highest BCUT2D eigenvalue weighted by molar-refractivity contribution is 5.68. The number of amides is 1. The molecular weight excluding hydrogens is 254 g/mol. The first-order valence-corrected chi connectivity index (χ1v) is 7.50. The van der Waals surface area contributed by atoms with E-state index in [2.05, 4.69) is 11.0 Å². The predicted molar refractivity (Wildman–Crippen MR) is 76.1 cm³/mol. The summed E-state index contributed by atoms with van der Waals surface area (Å²) in [5, 5.41) is 8.93. The molecule has 2 aliphatic rings. The van der Waals surface area contributed by atoms with Crippen molar-refractivity contribution in [2.45, 2.75) is 51.7 Å². The van der Waals surface area contributed by atoms with Crippen LogP contribution < -0.4 is 0 Å². The second kappa shape index (κ2) is 6.01. The van der Waals surface area contributed by atoms with E-state index < -0.39 is 5.60 Å². The van der Waals surface area contributed by atoms with Crippen LogP contribution in [-0.4, -0.2) is 53.7 Å². The average molecular weight is 279 g/mol. The lowest BCUT2D eigenvalue weighted by Crippen LogP contribution is -2.43. The third-order valence-corrected chi connectivity index (χ3v) is 4.04. The Morgan fingerprint density at radius 2 is 1.85 bits per heavy atom. The number of hydrogen-bond acceptors (Lipinski definition) is 4. The van der Waals surface area contributed by atoms with Crippen molar-refractivity contribution in [1.82, 2.24) is 9.80 Å². The molecule has 0 aromatic heterocycles. The van der Waals surface area contributed by atoms with E-state index in [0.717, 1.165) is 45.4 Å². The highest BCUT2D eigenvalue weighted by atomic mass is 16.6. The van der Waals surface area contributed by atoms with Crippen LogP contribution in [0.5, 0.6) is 0 Å². The van der Waals surface area contributed by atoms with Gasteiger partial charge in [0.25, 0.3) is 0 Å². The minimum absolute atomic E-state index is 0.202. The van der Waals surface area contributed by atoms with E-state index in [1.807, 2.05) is 25.7 Å². The maximum Gasteiger partial charge on any atom is 0.410 e. The highest BCUT2D eigenvalue weighted by Crippen LogP contribution is 2.24. The van der Waals surface area contributed by atoms with Crippen LogP contribution >= 0.6 is 0 Å². The summed E-state index contributed by atoms with van der Waals surface area (Å²) in [6, 6.07) is 2.79. The number of piperidine rings is 1. The molecule has 0 aromatic carbocycles. The molecule has 112 valence electrons. The van der Waals surface area contributed by atoms with E-state index in [-0.39, 0.29) is 12.0 Å². The minimum atomic E-state index is -0.430. The molecule has 0 unspecified atom stereocenters. The molecule has 2 rings (SSSR count). The predicted octanol–water partition coefficient (Wildman–Crippen LogP) is 2.23. The normalized spacial score (nSPS) is 25.5. The Kier molecular flexibility index (Phi) is 4.54. The Hall–Kier alpha value is -1.28. The summed E-state index contributed by atoms with van der Waals surface area (Å²) >= 11 is 0. The van der Waals surface area contributed by atoms with Crippen LogP contribution in [0, 0.1) is 17.2 Å². The molecule has 0 bridgehead atoms. The Balaban J connectivity index is 1.81. The van der Waals surface area contributed by atoms with Crippen molar-refractivity contribution in [3.63, 3.8) is 0 Å². The molecule has 2 saturated heterocycles. The maximum absolute atomic E-state index is 12.0. The minimum Gasteiger partial charge on any atom is -0.444 e. The van der Waals surface area contributed by atoms with Gasteiger partial charge in [-0.15, -0.1) is 0 Å². The monoisotopic (exact) mass is 279 g/mol. The first kappa shape index (κ1) is 15.1. The molecule has 1 amide bonds. The third kappa shape index (κ3) is 3.86. The van der Waals surface area contributed by atoms with Crippen LogP contribution in [0.25, 0.3) is 0 Å². The Bertz CT molecular complexity index is 389. The molecule has 2 aliphatic heterocycles. The molecule has 0 aromatic rings. The van der Waals surface area contributed by atoms with Crippen molar-refractivity contribution in [2.24, 2.45) is 5.92 Å². The van der Waals surface area contributed by atoms with Crippen molar-refractivity contribution in [2.75, 3.05) is 26.2 Å². The number of ether oxygens (including phenoxy) is 1. The summed E-state index contributed by atoms with van der Waals surface area (Å²) in [4.78, 5) is 16.3. The molecule has 0 spiro atoms. The lowest BCUT2D eigenvalue weighted by atomic mass is 9.97. The quantitative estimate of drug-likeness (QED) is 0.738. The fraction of sp³-hybridized carbons (Fsp3) is 0.867. The van der Waals surface area contributed by atoms with Crippen molar-refractivity contribution in [1.29, 1.82) is 5.26 Å². The van der Waals surface area contributed by atoms with Crippen LogP contribution in [0.2, 0.25) is 0 Å². The second-order valence-electron chi connectivity index (χ2n) is 6.81. The molecular formula is C15H25N3O2. The van der Waals surface area contributed by atoms with Gasteiger partial charge in [0.15, 0.2) is 0 Å². The first-order chi connectivity index (χ1) is 9.39. The number of carbonyl (C=O) groups is 1. The molecule has 2 fully saturated rings. The van der Waals surface area contributed by atoms with Gasteiger partial charge in [-0.25, -0.2) is 4.79 Å². The van der Waals surface area contributed by atoms with E-state index in [4.69, 9.17) is 10.00 Å². The van der Waals surface area contributed by atoms with Crippen LogP contribution in [0.3, 0.4) is 0 Å². The van der Waals surface area contributed by atoms with Gasteiger partial charge in [0.05, 0.1) is 6.07 Å². The molecule has 20 heavy (non-hydrogen) atoms. The van der Waals surface area contributed by atoms with Gasteiger partial charge in [-0.1, -0.05) is 0 Å². The zero-order valence-electron chi connectivity index (χ0n) is 12.8. The van der Waals surface area contributed by atoms with Crippen LogP contribution in [0.15, 0.2) is 0 Å². The van der Waals surface area contributed by atoms with E-state index in [0.29, 0.717) is 6.04 Å². The van der Waals surface area contributed by atoms with Crippen molar-refractivity contribution < 1.29 is 9.53 Å².